The molecule has 66 valence electrons. The third-order valence-electron chi connectivity index (χ3n) is 2.06. The van der Waals surface area contributed by atoms with Gasteiger partial charge in [0.15, 0.2) is 0 Å². The first kappa shape index (κ1) is 8.97. The third-order valence-corrected chi connectivity index (χ3v) is 2.06. The fraction of sp³-hybridized carbons (Fsp3) is 0.556. The van der Waals surface area contributed by atoms with Gasteiger partial charge in [0, 0.05) is 17.8 Å². The van der Waals surface area contributed by atoms with Crippen molar-refractivity contribution < 1.29 is 4.92 Å². The predicted molar refractivity (Wildman–Crippen MR) is 47.5 cm³/mol. The van der Waals surface area contributed by atoms with Gasteiger partial charge in [0.2, 0.25) is 6.04 Å². The van der Waals surface area contributed by atoms with Crippen LogP contribution in [0.5, 0.6) is 0 Å². The van der Waals surface area contributed by atoms with Crippen molar-refractivity contribution in [3.8, 4) is 0 Å². The van der Waals surface area contributed by atoms with Gasteiger partial charge in [0.1, 0.15) is 0 Å². The number of allylic oxidation sites excluding steroid dienone is 3. The number of hydrogen-bond donors (Lipinski definition) is 0. The van der Waals surface area contributed by atoms with Crippen LogP contribution in [0.1, 0.15) is 26.2 Å². The van der Waals surface area contributed by atoms with Gasteiger partial charge in [-0.2, -0.15) is 0 Å². The zero-order chi connectivity index (χ0) is 8.97. The van der Waals surface area contributed by atoms with E-state index in [2.05, 4.69) is 6.08 Å². The van der Waals surface area contributed by atoms with Crippen LogP contribution in [0.2, 0.25) is 0 Å². The van der Waals surface area contributed by atoms with Crippen molar-refractivity contribution in [2.75, 3.05) is 0 Å². The van der Waals surface area contributed by atoms with Crippen LogP contribution in [0.3, 0.4) is 0 Å². The van der Waals surface area contributed by atoms with E-state index in [-0.39, 0.29) is 11.0 Å². The average Bonchev–Trinajstić information content (AvgIpc) is 2.05. The predicted octanol–water partition coefficient (Wildman–Crippen LogP) is 2.32. The van der Waals surface area contributed by atoms with E-state index in [4.69, 9.17) is 0 Å². The largest absolute Gasteiger partial charge is 0.264 e. The summed E-state index contributed by atoms with van der Waals surface area (Å²) in [6, 6.07) is -0.360. The second-order valence-corrected chi connectivity index (χ2v) is 3.00. The monoisotopic (exact) mass is 167 g/mol. The Morgan fingerprint density at radius 2 is 2.50 bits per heavy atom. The van der Waals surface area contributed by atoms with Crippen LogP contribution < -0.4 is 0 Å². The SMILES string of the molecule is C/C=C/C1=CCCC([N+](=O)[O-])C1. The Hall–Kier alpha value is -1.12. The minimum absolute atomic E-state index is 0.170. The van der Waals surface area contributed by atoms with E-state index < -0.39 is 0 Å². The van der Waals surface area contributed by atoms with Gasteiger partial charge in [-0.15, -0.1) is 0 Å². The van der Waals surface area contributed by atoms with Crippen LogP contribution in [-0.4, -0.2) is 11.0 Å². The van der Waals surface area contributed by atoms with Crippen molar-refractivity contribution in [3.05, 3.63) is 33.9 Å². The highest BCUT2D eigenvalue weighted by Crippen LogP contribution is 2.20. The molecule has 0 radical (unpaired) electrons. The summed E-state index contributed by atoms with van der Waals surface area (Å²) < 4.78 is 0. The zero-order valence-corrected chi connectivity index (χ0v) is 7.19. The summed E-state index contributed by atoms with van der Waals surface area (Å²) in [4.78, 5) is 10.3. The Bertz CT molecular complexity index is 231. The lowest BCUT2D eigenvalue weighted by atomic mass is 9.95. The Kier molecular flexibility index (Phi) is 3.02. The van der Waals surface area contributed by atoms with E-state index >= 15 is 0 Å². The summed E-state index contributed by atoms with van der Waals surface area (Å²) >= 11 is 0. The van der Waals surface area contributed by atoms with Crippen LogP contribution in [0.25, 0.3) is 0 Å². The lowest BCUT2D eigenvalue weighted by molar-refractivity contribution is -0.523. The first-order valence-electron chi connectivity index (χ1n) is 4.19. The van der Waals surface area contributed by atoms with E-state index in [1.807, 2.05) is 19.1 Å². The molecular formula is C9H13NO2. The molecule has 0 fully saturated rings. The van der Waals surface area contributed by atoms with Crippen LogP contribution in [0, 0.1) is 10.1 Å². The van der Waals surface area contributed by atoms with Crippen molar-refractivity contribution in [2.45, 2.75) is 32.2 Å². The zero-order valence-electron chi connectivity index (χ0n) is 7.19. The summed E-state index contributed by atoms with van der Waals surface area (Å²) in [5.41, 5.74) is 1.10. The van der Waals surface area contributed by atoms with Crippen molar-refractivity contribution in [2.24, 2.45) is 0 Å². The number of rotatable bonds is 2. The average molecular weight is 167 g/mol. The highest BCUT2D eigenvalue weighted by Gasteiger charge is 2.22. The Morgan fingerprint density at radius 3 is 3.08 bits per heavy atom. The first-order chi connectivity index (χ1) is 5.74. The highest BCUT2D eigenvalue weighted by molar-refractivity contribution is 5.20. The number of nitrogens with zero attached hydrogens (tertiary/aromatic N) is 1. The molecule has 0 amide bonds. The maximum absolute atomic E-state index is 10.5. The van der Waals surface area contributed by atoms with E-state index in [1.54, 1.807) is 0 Å². The molecule has 3 heteroatoms. The van der Waals surface area contributed by atoms with Crippen molar-refractivity contribution in [1.82, 2.24) is 0 Å². The molecule has 1 unspecified atom stereocenters. The molecule has 1 aliphatic carbocycles. The van der Waals surface area contributed by atoms with Crippen LogP contribution >= 0.6 is 0 Å². The molecule has 0 aromatic carbocycles. The van der Waals surface area contributed by atoms with Gasteiger partial charge in [0.25, 0.3) is 0 Å². The molecule has 12 heavy (non-hydrogen) atoms. The second kappa shape index (κ2) is 4.04. The molecule has 0 aromatic rings. The van der Waals surface area contributed by atoms with Gasteiger partial charge >= 0.3 is 0 Å². The summed E-state index contributed by atoms with van der Waals surface area (Å²) in [5, 5.41) is 10.5. The maximum Gasteiger partial charge on any atom is 0.217 e. The van der Waals surface area contributed by atoms with E-state index in [9.17, 15) is 10.1 Å². The molecule has 0 saturated carbocycles. The van der Waals surface area contributed by atoms with Gasteiger partial charge in [-0.3, -0.25) is 10.1 Å². The van der Waals surface area contributed by atoms with Crippen LogP contribution in [-0.2, 0) is 0 Å². The van der Waals surface area contributed by atoms with Crippen LogP contribution in [0.4, 0.5) is 0 Å². The van der Waals surface area contributed by atoms with E-state index in [0.717, 1.165) is 12.0 Å². The summed E-state index contributed by atoms with van der Waals surface area (Å²) in [6.07, 6.45) is 8.08. The Balaban J connectivity index is 2.59. The minimum Gasteiger partial charge on any atom is -0.264 e. The molecule has 3 nitrogen and oxygen atoms in total. The topological polar surface area (TPSA) is 43.1 Å². The molecule has 0 heterocycles. The van der Waals surface area contributed by atoms with E-state index in [1.165, 1.54) is 0 Å². The molecule has 0 bridgehead atoms. The standard InChI is InChI=1S/C9H13NO2/c1-2-4-8-5-3-6-9(7-8)10(11)12/h2,4-5,9H,3,6-7H2,1H3/b4-2+. The molecule has 1 rings (SSSR count). The number of hydrogen-bond acceptors (Lipinski definition) is 2. The third kappa shape index (κ3) is 2.19. The Labute approximate surface area is 71.9 Å². The van der Waals surface area contributed by atoms with E-state index in [0.29, 0.717) is 12.8 Å². The molecule has 0 aliphatic heterocycles. The summed E-state index contributed by atoms with van der Waals surface area (Å²) in [5.74, 6) is 0. The van der Waals surface area contributed by atoms with Crippen molar-refractivity contribution in [3.63, 3.8) is 0 Å². The fourth-order valence-electron chi connectivity index (χ4n) is 1.45. The lowest BCUT2D eigenvalue weighted by Gasteiger charge is -2.13. The lowest BCUT2D eigenvalue weighted by Crippen LogP contribution is -2.21. The molecule has 0 saturated heterocycles. The maximum atomic E-state index is 10.5. The smallest absolute Gasteiger partial charge is 0.217 e. The van der Waals surface area contributed by atoms with Gasteiger partial charge < -0.3 is 0 Å². The molecular weight excluding hydrogens is 154 g/mol. The van der Waals surface area contributed by atoms with Gasteiger partial charge in [-0.1, -0.05) is 18.2 Å². The van der Waals surface area contributed by atoms with Gasteiger partial charge in [-0.25, -0.2) is 0 Å². The second-order valence-electron chi connectivity index (χ2n) is 3.00. The van der Waals surface area contributed by atoms with Crippen molar-refractivity contribution in [1.29, 1.82) is 0 Å². The highest BCUT2D eigenvalue weighted by atomic mass is 16.6. The molecule has 0 spiro atoms. The quantitative estimate of drug-likeness (QED) is 0.468. The Morgan fingerprint density at radius 1 is 1.75 bits per heavy atom. The summed E-state index contributed by atoms with van der Waals surface area (Å²) in [7, 11) is 0. The fourth-order valence-corrected chi connectivity index (χ4v) is 1.45. The normalized spacial score (nSPS) is 24.1. The first-order valence-corrected chi connectivity index (χ1v) is 4.19. The molecule has 0 aromatic heterocycles. The van der Waals surface area contributed by atoms with Crippen molar-refractivity contribution >= 4 is 0 Å². The number of nitro groups is 1. The molecule has 1 atom stereocenters. The molecule has 0 N–H and O–H groups in total. The minimum atomic E-state index is -0.360. The van der Waals surface area contributed by atoms with Gasteiger partial charge in [0.05, 0.1) is 0 Å². The van der Waals surface area contributed by atoms with Gasteiger partial charge in [-0.05, 0) is 18.9 Å². The molecule has 1 aliphatic rings. The summed E-state index contributed by atoms with van der Waals surface area (Å²) in [6.45, 7) is 1.93. The van der Waals surface area contributed by atoms with Crippen LogP contribution in [0.15, 0.2) is 23.8 Å².